The molecule has 3 rings (SSSR count). The molecule has 0 heterocycles. The molecule has 1 N–H and O–H groups in total. The number of nitrogens with one attached hydrogen (secondary N) is 1. The summed E-state index contributed by atoms with van der Waals surface area (Å²) in [6.45, 7) is 7.53. The Morgan fingerprint density at radius 1 is 0.812 bits per heavy atom. The molecule has 6 heteroatoms. The standard InChI is InChI=1S/C26H30N2O3S/c1-5-25(22-12-6-19(2)7-13-22)27-26(29)18-28(23-14-8-20(3)9-15-23)32(30,31)24-16-10-21(4)11-17-24/h6-17,25H,5,18H2,1-4H3,(H,27,29)/t25-/m0/s1. The number of hydrogen-bond donors (Lipinski definition) is 1. The molecule has 3 aromatic rings. The lowest BCUT2D eigenvalue weighted by Crippen LogP contribution is -2.42. The van der Waals surface area contributed by atoms with Crippen LogP contribution in [0.1, 0.15) is 41.6 Å². The molecule has 0 aliphatic rings. The Balaban J connectivity index is 1.89. The van der Waals surface area contributed by atoms with Crippen LogP contribution in [0.25, 0.3) is 0 Å². The highest BCUT2D eigenvalue weighted by Gasteiger charge is 2.28. The Morgan fingerprint density at radius 2 is 1.28 bits per heavy atom. The molecule has 32 heavy (non-hydrogen) atoms. The van der Waals surface area contributed by atoms with Crippen molar-refractivity contribution >= 4 is 21.6 Å². The highest BCUT2D eigenvalue weighted by molar-refractivity contribution is 7.92. The summed E-state index contributed by atoms with van der Waals surface area (Å²) in [5.41, 5.74) is 4.57. The molecule has 0 radical (unpaired) electrons. The predicted molar refractivity (Wildman–Crippen MR) is 129 cm³/mol. The van der Waals surface area contributed by atoms with Gasteiger partial charge in [-0.2, -0.15) is 0 Å². The Morgan fingerprint density at radius 3 is 1.78 bits per heavy atom. The number of amides is 1. The zero-order chi connectivity index (χ0) is 23.3. The number of sulfonamides is 1. The molecule has 0 unspecified atom stereocenters. The molecule has 1 atom stereocenters. The van der Waals surface area contributed by atoms with Gasteiger partial charge in [-0.25, -0.2) is 8.42 Å². The van der Waals surface area contributed by atoms with Crippen LogP contribution in [0.3, 0.4) is 0 Å². The number of nitrogens with zero attached hydrogens (tertiary/aromatic N) is 1. The molecular weight excluding hydrogens is 420 g/mol. The first-order chi connectivity index (χ1) is 15.2. The second kappa shape index (κ2) is 10.0. The fourth-order valence-electron chi connectivity index (χ4n) is 3.45. The van der Waals surface area contributed by atoms with Gasteiger partial charge in [0.05, 0.1) is 16.6 Å². The summed E-state index contributed by atoms with van der Waals surface area (Å²) in [5, 5.41) is 3.00. The monoisotopic (exact) mass is 450 g/mol. The van der Waals surface area contributed by atoms with E-state index in [1.165, 1.54) is 4.31 Å². The van der Waals surface area contributed by atoms with Crippen molar-refractivity contribution in [1.29, 1.82) is 0 Å². The number of carbonyl (C=O) groups excluding carboxylic acids is 1. The van der Waals surface area contributed by atoms with E-state index < -0.39 is 10.0 Å². The quantitative estimate of drug-likeness (QED) is 0.521. The topological polar surface area (TPSA) is 66.5 Å². The Kier molecular flexibility index (Phi) is 7.36. The third-order valence-corrected chi connectivity index (χ3v) is 7.23. The Labute approximate surface area is 191 Å². The van der Waals surface area contributed by atoms with Gasteiger partial charge in [0, 0.05) is 0 Å². The first-order valence-corrected chi connectivity index (χ1v) is 12.2. The zero-order valence-corrected chi connectivity index (χ0v) is 19.8. The van der Waals surface area contributed by atoms with Crippen molar-refractivity contribution in [1.82, 2.24) is 5.32 Å². The van der Waals surface area contributed by atoms with Crippen molar-refractivity contribution in [3.8, 4) is 0 Å². The Bertz CT molecular complexity index is 1150. The number of benzene rings is 3. The fraction of sp³-hybridized carbons (Fsp3) is 0.269. The number of hydrogen-bond acceptors (Lipinski definition) is 3. The molecule has 1 amide bonds. The van der Waals surface area contributed by atoms with Crippen LogP contribution in [-0.2, 0) is 14.8 Å². The minimum absolute atomic E-state index is 0.155. The van der Waals surface area contributed by atoms with Crippen LogP contribution >= 0.6 is 0 Å². The molecule has 3 aromatic carbocycles. The van der Waals surface area contributed by atoms with Crippen LogP contribution < -0.4 is 9.62 Å². The summed E-state index contributed by atoms with van der Waals surface area (Å²) in [6.07, 6.45) is 0.698. The Hall–Kier alpha value is -3.12. The number of carbonyl (C=O) groups is 1. The van der Waals surface area contributed by atoms with Crippen LogP contribution in [0.5, 0.6) is 0 Å². The van der Waals surface area contributed by atoms with E-state index in [1.807, 2.05) is 64.1 Å². The first-order valence-electron chi connectivity index (χ1n) is 10.7. The van der Waals surface area contributed by atoms with Crippen molar-refractivity contribution < 1.29 is 13.2 Å². The molecule has 0 saturated carbocycles. The molecule has 168 valence electrons. The normalized spacial score (nSPS) is 12.2. The van der Waals surface area contributed by atoms with E-state index in [-0.39, 0.29) is 23.4 Å². The third-order valence-electron chi connectivity index (χ3n) is 5.44. The maximum Gasteiger partial charge on any atom is 0.264 e. The van der Waals surface area contributed by atoms with Gasteiger partial charge in [-0.05, 0) is 57.0 Å². The summed E-state index contributed by atoms with van der Waals surface area (Å²) >= 11 is 0. The summed E-state index contributed by atoms with van der Waals surface area (Å²) in [7, 11) is -3.92. The second-order valence-corrected chi connectivity index (χ2v) is 9.96. The van der Waals surface area contributed by atoms with Crippen molar-refractivity contribution in [2.75, 3.05) is 10.8 Å². The van der Waals surface area contributed by atoms with Gasteiger partial charge in [-0.15, -0.1) is 0 Å². The predicted octanol–water partition coefficient (Wildman–Crippen LogP) is 5.07. The van der Waals surface area contributed by atoms with Gasteiger partial charge in [0.25, 0.3) is 10.0 Å². The van der Waals surface area contributed by atoms with Gasteiger partial charge in [0.1, 0.15) is 6.54 Å². The summed E-state index contributed by atoms with van der Waals surface area (Å²) < 4.78 is 28.1. The highest BCUT2D eigenvalue weighted by atomic mass is 32.2. The maximum absolute atomic E-state index is 13.5. The minimum atomic E-state index is -3.92. The third kappa shape index (κ3) is 5.56. The number of anilines is 1. The molecule has 0 fully saturated rings. The van der Waals surface area contributed by atoms with Crippen LogP contribution in [0, 0.1) is 20.8 Å². The molecule has 0 saturated heterocycles. The maximum atomic E-state index is 13.5. The highest BCUT2D eigenvalue weighted by Crippen LogP contribution is 2.25. The van der Waals surface area contributed by atoms with E-state index in [0.717, 1.165) is 22.3 Å². The second-order valence-electron chi connectivity index (χ2n) is 8.10. The van der Waals surface area contributed by atoms with E-state index >= 15 is 0 Å². The lowest BCUT2D eigenvalue weighted by atomic mass is 10.0. The van der Waals surface area contributed by atoms with E-state index in [9.17, 15) is 13.2 Å². The SMILES string of the molecule is CC[C@H](NC(=O)CN(c1ccc(C)cc1)S(=O)(=O)c1ccc(C)cc1)c1ccc(C)cc1. The van der Waals surface area contributed by atoms with Gasteiger partial charge in [-0.3, -0.25) is 9.10 Å². The van der Waals surface area contributed by atoms with Crippen LogP contribution in [0.4, 0.5) is 5.69 Å². The lowest BCUT2D eigenvalue weighted by Gasteiger charge is -2.26. The lowest BCUT2D eigenvalue weighted by molar-refractivity contribution is -0.120. The molecule has 0 bridgehead atoms. The smallest absolute Gasteiger partial charge is 0.264 e. The zero-order valence-electron chi connectivity index (χ0n) is 19.0. The summed E-state index contributed by atoms with van der Waals surface area (Å²) in [4.78, 5) is 13.2. The number of aryl methyl sites for hydroxylation is 3. The first kappa shape index (κ1) is 23.5. The van der Waals surface area contributed by atoms with E-state index in [1.54, 1.807) is 36.4 Å². The van der Waals surface area contributed by atoms with Crippen LogP contribution in [0.15, 0.2) is 77.7 Å². The molecule has 0 aliphatic carbocycles. The molecule has 5 nitrogen and oxygen atoms in total. The van der Waals surface area contributed by atoms with E-state index in [4.69, 9.17) is 0 Å². The molecule has 0 aromatic heterocycles. The largest absolute Gasteiger partial charge is 0.348 e. The van der Waals surface area contributed by atoms with Crippen molar-refractivity contribution in [3.05, 3.63) is 95.1 Å². The summed E-state index contributed by atoms with van der Waals surface area (Å²) in [5.74, 6) is -0.353. The fourth-order valence-corrected chi connectivity index (χ4v) is 4.87. The molecular formula is C26H30N2O3S. The van der Waals surface area contributed by atoms with Gasteiger partial charge >= 0.3 is 0 Å². The average Bonchev–Trinajstić information content (AvgIpc) is 2.77. The van der Waals surface area contributed by atoms with Crippen molar-refractivity contribution in [3.63, 3.8) is 0 Å². The average molecular weight is 451 g/mol. The minimum Gasteiger partial charge on any atom is -0.348 e. The van der Waals surface area contributed by atoms with Gasteiger partial charge < -0.3 is 5.32 Å². The number of rotatable bonds is 8. The van der Waals surface area contributed by atoms with Crippen molar-refractivity contribution in [2.45, 2.75) is 45.1 Å². The van der Waals surface area contributed by atoms with Crippen molar-refractivity contribution in [2.24, 2.45) is 0 Å². The van der Waals surface area contributed by atoms with E-state index in [0.29, 0.717) is 12.1 Å². The summed E-state index contributed by atoms with van der Waals surface area (Å²) in [6, 6.07) is 21.6. The molecule has 0 aliphatic heterocycles. The van der Waals surface area contributed by atoms with Gasteiger partial charge in [-0.1, -0.05) is 72.1 Å². The van der Waals surface area contributed by atoms with E-state index in [2.05, 4.69) is 5.32 Å². The van der Waals surface area contributed by atoms with Crippen LogP contribution in [-0.4, -0.2) is 20.9 Å². The molecule has 0 spiro atoms. The van der Waals surface area contributed by atoms with Crippen LogP contribution in [0.2, 0.25) is 0 Å². The van der Waals surface area contributed by atoms with Gasteiger partial charge in [0.15, 0.2) is 0 Å². The van der Waals surface area contributed by atoms with Gasteiger partial charge in [0.2, 0.25) is 5.91 Å².